The van der Waals surface area contributed by atoms with Gasteiger partial charge in [-0.1, -0.05) is 47.5 Å². The summed E-state index contributed by atoms with van der Waals surface area (Å²) < 4.78 is 0. The van der Waals surface area contributed by atoms with E-state index < -0.39 is 0 Å². The Morgan fingerprint density at radius 2 is 2.03 bits per heavy atom. The first-order valence-corrected chi connectivity index (χ1v) is 10.4. The number of amidine groups is 1. The van der Waals surface area contributed by atoms with E-state index in [0.29, 0.717) is 21.5 Å². The molecule has 0 radical (unpaired) electrons. The Kier molecular flexibility index (Phi) is 7.84. The van der Waals surface area contributed by atoms with Crippen molar-refractivity contribution < 1.29 is 0 Å². The maximum Gasteiger partial charge on any atom is 0.132 e. The molecule has 0 amide bonds. The van der Waals surface area contributed by atoms with Crippen LogP contribution in [0.15, 0.2) is 58.4 Å². The van der Waals surface area contributed by atoms with Gasteiger partial charge in [0.05, 0.1) is 11.4 Å². The molecule has 29 heavy (non-hydrogen) atoms. The fourth-order valence-electron chi connectivity index (χ4n) is 2.97. The molecule has 0 aromatic heterocycles. The van der Waals surface area contributed by atoms with Crippen molar-refractivity contribution in [2.45, 2.75) is 12.6 Å². The Morgan fingerprint density at radius 1 is 1.21 bits per heavy atom. The molecule has 8 heteroatoms. The summed E-state index contributed by atoms with van der Waals surface area (Å²) in [6.45, 7) is 2.12. The third-order valence-electron chi connectivity index (χ3n) is 4.37. The first-order valence-electron chi connectivity index (χ1n) is 9.20. The zero-order valence-corrected chi connectivity index (χ0v) is 18.0. The molecule has 1 atom stereocenters. The summed E-state index contributed by atoms with van der Waals surface area (Å²) in [4.78, 5) is 5.19. The lowest BCUT2D eigenvalue weighted by molar-refractivity contribution is 0.685. The van der Waals surface area contributed by atoms with Crippen molar-refractivity contribution in [1.29, 1.82) is 5.26 Å². The standard InChI is InChI=1S/C21H21Cl2N5S/c22-14-7-8-16(18(23)12-14)21-27-19-6-2-1-5-17(19)20(28-21)26-11-10-25-9-3-4-15(29)13-24/h1-2,4-8,12,21,25,27,29H,3,9-11H2,(H,26,28)/b15-4-. The van der Waals surface area contributed by atoms with Gasteiger partial charge < -0.3 is 16.0 Å². The van der Waals surface area contributed by atoms with E-state index in [4.69, 9.17) is 33.5 Å². The number of benzene rings is 2. The molecule has 0 bridgehead atoms. The van der Waals surface area contributed by atoms with Crippen molar-refractivity contribution in [1.82, 2.24) is 10.6 Å². The molecule has 2 aromatic carbocycles. The van der Waals surface area contributed by atoms with Crippen molar-refractivity contribution >= 4 is 47.4 Å². The Hall–Kier alpha value is -2.17. The molecule has 0 fully saturated rings. The summed E-state index contributed by atoms with van der Waals surface area (Å²) in [5.41, 5.74) is 2.92. The van der Waals surface area contributed by atoms with Gasteiger partial charge in [0.2, 0.25) is 0 Å². The summed E-state index contributed by atoms with van der Waals surface area (Å²) in [7, 11) is 0. The Bertz CT molecular complexity index is 968. The van der Waals surface area contributed by atoms with Crippen LogP contribution in [-0.2, 0) is 0 Å². The molecule has 1 unspecified atom stereocenters. The molecule has 5 nitrogen and oxygen atoms in total. The molecular formula is C21H21Cl2N5S. The number of halogens is 2. The number of nitriles is 1. The zero-order valence-electron chi connectivity index (χ0n) is 15.6. The average molecular weight is 446 g/mol. The topological polar surface area (TPSA) is 72.2 Å². The molecule has 1 heterocycles. The summed E-state index contributed by atoms with van der Waals surface area (Å²) in [5.74, 6) is 0.819. The van der Waals surface area contributed by atoms with E-state index in [9.17, 15) is 0 Å². The molecule has 1 aliphatic rings. The van der Waals surface area contributed by atoms with Crippen molar-refractivity contribution in [3.63, 3.8) is 0 Å². The van der Waals surface area contributed by atoms with Gasteiger partial charge in [0, 0.05) is 33.4 Å². The van der Waals surface area contributed by atoms with Crippen molar-refractivity contribution in [3.8, 4) is 6.07 Å². The predicted molar refractivity (Wildman–Crippen MR) is 124 cm³/mol. The first kappa shape index (κ1) is 21.5. The molecule has 1 aliphatic heterocycles. The van der Waals surface area contributed by atoms with Gasteiger partial charge in [0.25, 0.3) is 0 Å². The highest BCUT2D eigenvalue weighted by atomic mass is 35.5. The van der Waals surface area contributed by atoms with Crippen molar-refractivity contribution in [2.24, 2.45) is 4.99 Å². The molecule has 0 saturated heterocycles. The Balaban J connectivity index is 1.67. The van der Waals surface area contributed by atoms with Crippen LogP contribution in [0.2, 0.25) is 10.0 Å². The molecule has 0 aliphatic carbocycles. The maximum absolute atomic E-state index is 8.67. The lowest BCUT2D eigenvalue weighted by Crippen LogP contribution is -2.39. The maximum atomic E-state index is 8.67. The smallest absolute Gasteiger partial charge is 0.132 e. The molecule has 3 N–H and O–H groups in total. The molecule has 0 spiro atoms. The van der Waals surface area contributed by atoms with Crippen LogP contribution in [-0.4, -0.2) is 25.5 Å². The van der Waals surface area contributed by atoms with Gasteiger partial charge >= 0.3 is 0 Å². The number of hydrogen-bond acceptors (Lipinski definition) is 5. The van der Waals surface area contributed by atoms with E-state index in [1.807, 2.05) is 42.5 Å². The van der Waals surface area contributed by atoms with E-state index in [-0.39, 0.29) is 6.17 Å². The summed E-state index contributed by atoms with van der Waals surface area (Å²) in [5, 5.41) is 20.1. The SMILES string of the molecule is N#C/C(S)=C/CCNCCN=C1NC(c2ccc(Cl)cc2Cl)Nc2ccccc21. The van der Waals surface area contributed by atoms with Crippen LogP contribution in [0.25, 0.3) is 0 Å². The third kappa shape index (κ3) is 5.91. The number of nitrogens with zero attached hydrogens (tertiary/aromatic N) is 2. The Labute approximate surface area is 186 Å². The number of anilines is 1. The number of para-hydroxylation sites is 1. The van der Waals surface area contributed by atoms with Gasteiger partial charge in [-0.2, -0.15) is 5.26 Å². The minimum atomic E-state index is -0.202. The highest BCUT2D eigenvalue weighted by molar-refractivity contribution is 7.84. The minimum Gasteiger partial charge on any atom is -0.361 e. The third-order valence-corrected chi connectivity index (χ3v) is 5.21. The van der Waals surface area contributed by atoms with E-state index in [2.05, 4.69) is 28.6 Å². The second kappa shape index (κ2) is 10.6. The number of rotatable bonds is 7. The highest BCUT2D eigenvalue weighted by Crippen LogP contribution is 2.31. The van der Waals surface area contributed by atoms with Gasteiger partial charge in [-0.15, -0.1) is 12.6 Å². The summed E-state index contributed by atoms with van der Waals surface area (Å²) in [6.07, 6.45) is 2.35. The van der Waals surface area contributed by atoms with Crippen LogP contribution >= 0.6 is 35.8 Å². The van der Waals surface area contributed by atoms with E-state index in [1.165, 1.54) is 0 Å². The largest absolute Gasteiger partial charge is 0.361 e. The van der Waals surface area contributed by atoms with E-state index >= 15 is 0 Å². The Morgan fingerprint density at radius 3 is 2.83 bits per heavy atom. The van der Waals surface area contributed by atoms with Crippen LogP contribution in [0.5, 0.6) is 0 Å². The van der Waals surface area contributed by atoms with Crippen LogP contribution in [0.1, 0.15) is 23.7 Å². The first-order chi connectivity index (χ1) is 14.1. The lowest BCUT2D eigenvalue weighted by Gasteiger charge is -2.31. The van der Waals surface area contributed by atoms with Crippen LogP contribution in [0, 0.1) is 11.3 Å². The number of hydrogen-bond donors (Lipinski definition) is 4. The summed E-state index contributed by atoms with van der Waals surface area (Å²) >= 11 is 16.5. The lowest BCUT2D eigenvalue weighted by atomic mass is 10.1. The quantitative estimate of drug-likeness (QED) is 0.281. The average Bonchev–Trinajstić information content (AvgIpc) is 2.72. The highest BCUT2D eigenvalue weighted by Gasteiger charge is 2.24. The van der Waals surface area contributed by atoms with Crippen molar-refractivity contribution in [3.05, 3.63) is 74.6 Å². The molecule has 0 saturated carbocycles. The van der Waals surface area contributed by atoms with Gasteiger partial charge in [-0.05, 0) is 37.2 Å². The van der Waals surface area contributed by atoms with Gasteiger partial charge in [-0.25, -0.2) is 0 Å². The molecular weight excluding hydrogens is 425 g/mol. The van der Waals surface area contributed by atoms with E-state index in [1.54, 1.807) is 12.1 Å². The number of allylic oxidation sites excluding steroid dienone is 1. The number of thiol groups is 1. The van der Waals surface area contributed by atoms with Crippen LogP contribution in [0.4, 0.5) is 5.69 Å². The molecule has 150 valence electrons. The molecule has 2 aromatic rings. The second-order valence-electron chi connectivity index (χ2n) is 6.40. The number of fused-ring (bicyclic) bond motifs is 1. The van der Waals surface area contributed by atoms with Crippen LogP contribution in [0.3, 0.4) is 0 Å². The van der Waals surface area contributed by atoms with Gasteiger partial charge in [0.1, 0.15) is 18.1 Å². The monoisotopic (exact) mass is 445 g/mol. The number of nitrogens with one attached hydrogen (secondary N) is 3. The zero-order chi connectivity index (χ0) is 20.6. The summed E-state index contributed by atoms with van der Waals surface area (Å²) in [6, 6.07) is 15.5. The fraction of sp³-hybridized carbons (Fsp3) is 0.238. The fourth-order valence-corrected chi connectivity index (χ4v) is 3.62. The van der Waals surface area contributed by atoms with Crippen molar-refractivity contribution in [2.75, 3.05) is 25.0 Å². The molecule has 3 rings (SSSR count). The van der Waals surface area contributed by atoms with Gasteiger partial charge in [-0.3, -0.25) is 4.99 Å². The minimum absolute atomic E-state index is 0.202. The second-order valence-corrected chi connectivity index (χ2v) is 7.73. The number of aliphatic imine (C=N–C) groups is 1. The van der Waals surface area contributed by atoms with Gasteiger partial charge in [0.15, 0.2) is 0 Å². The normalized spacial score (nSPS) is 17.2. The van der Waals surface area contributed by atoms with E-state index in [0.717, 1.165) is 42.2 Å². The van der Waals surface area contributed by atoms with Crippen LogP contribution < -0.4 is 16.0 Å². The predicted octanol–water partition coefficient (Wildman–Crippen LogP) is 4.77.